The van der Waals surface area contributed by atoms with Gasteiger partial charge in [-0.2, -0.15) is 8.62 Å². The maximum absolute atomic E-state index is 12.5. The highest BCUT2D eigenvalue weighted by atomic mass is 79.9. The van der Waals surface area contributed by atoms with Gasteiger partial charge in [0.05, 0.1) is 42.1 Å². The van der Waals surface area contributed by atoms with Gasteiger partial charge in [0.1, 0.15) is 18.6 Å². The van der Waals surface area contributed by atoms with E-state index in [0.29, 0.717) is 19.3 Å². The lowest BCUT2D eigenvalue weighted by Crippen LogP contribution is -2.33. The smallest absolute Gasteiger partial charge is 0.390 e. The Morgan fingerprint density at radius 1 is 0.778 bits per heavy atom. The Labute approximate surface area is 364 Å². The first-order valence-electron chi connectivity index (χ1n) is 19.1. The second-order valence-corrected chi connectivity index (χ2v) is 20.8. The van der Waals surface area contributed by atoms with Gasteiger partial charge in [-0.3, -0.25) is 47.1 Å². The van der Waals surface area contributed by atoms with Gasteiger partial charge in [-0.15, -0.1) is 0 Å². The molecule has 2 aliphatic rings. The zero-order valence-electron chi connectivity index (χ0n) is 33.1. The number of halogens is 1. The maximum atomic E-state index is 12.5. The van der Waals surface area contributed by atoms with Crippen molar-refractivity contribution in [3.8, 4) is 0 Å². The largest absolute Gasteiger partial charge is 0.490 e. The van der Waals surface area contributed by atoms with Crippen molar-refractivity contribution >= 4 is 59.2 Å². The van der Waals surface area contributed by atoms with Gasteiger partial charge in [-0.05, 0) is 41.6 Å². The first-order chi connectivity index (χ1) is 29.4. The van der Waals surface area contributed by atoms with Crippen molar-refractivity contribution < 1.29 is 84.3 Å². The van der Waals surface area contributed by atoms with E-state index in [9.17, 15) is 62.0 Å². The highest BCUT2D eigenvalue weighted by molar-refractivity contribution is 9.10. The van der Waals surface area contributed by atoms with Crippen LogP contribution in [0.15, 0.2) is 42.1 Å². The fourth-order valence-electron chi connectivity index (χ4n) is 6.14. The molecule has 2 aromatic heterocycles. The van der Waals surface area contributed by atoms with E-state index in [2.05, 4.69) is 44.4 Å². The summed E-state index contributed by atoms with van der Waals surface area (Å²) in [5.41, 5.74) is -2.89. The Morgan fingerprint density at radius 3 is 2.08 bits per heavy atom. The molecule has 2 fully saturated rings. The van der Waals surface area contributed by atoms with E-state index in [1.165, 1.54) is 24.5 Å². The quantitative estimate of drug-likeness (QED) is 0.0480. The molecule has 1 amide bonds. The summed E-state index contributed by atoms with van der Waals surface area (Å²) in [6.45, 7) is -1.16. The molecule has 2 aromatic rings. The highest BCUT2D eigenvalue weighted by Crippen LogP contribution is 2.66. The van der Waals surface area contributed by atoms with Crippen molar-refractivity contribution in [1.29, 1.82) is 0 Å². The summed E-state index contributed by atoms with van der Waals surface area (Å²) in [4.78, 5) is 111. The van der Waals surface area contributed by atoms with Crippen LogP contribution < -0.4 is 27.8 Å². The van der Waals surface area contributed by atoms with Crippen LogP contribution in [0.5, 0.6) is 0 Å². The maximum Gasteiger partial charge on any atom is 0.490 e. The number of aliphatic hydroxyl groups is 1. The van der Waals surface area contributed by atoms with Crippen LogP contribution in [0.4, 0.5) is 0 Å². The number of aromatic nitrogens is 4. The van der Waals surface area contributed by atoms with Crippen LogP contribution in [-0.2, 0) is 54.7 Å². The van der Waals surface area contributed by atoms with Gasteiger partial charge < -0.3 is 44.4 Å². The second kappa shape index (κ2) is 23.8. The van der Waals surface area contributed by atoms with Gasteiger partial charge in [0, 0.05) is 31.8 Å². The molecular formula is C31H48BrN5O22P4. The van der Waals surface area contributed by atoms with Crippen molar-refractivity contribution in [1.82, 2.24) is 24.4 Å². The molecule has 8 atom stereocenters. The molecule has 8 unspecified atom stereocenters. The average Bonchev–Trinajstić information content (AvgIpc) is 3.79. The van der Waals surface area contributed by atoms with Crippen molar-refractivity contribution in [3.05, 3.63) is 70.2 Å². The van der Waals surface area contributed by atoms with Gasteiger partial charge in [0.25, 0.3) is 11.1 Å². The molecule has 0 bridgehead atoms. The molecule has 2 aliphatic heterocycles. The van der Waals surface area contributed by atoms with Crippen molar-refractivity contribution in [2.24, 2.45) is 0 Å². The Hall–Kier alpha value is -2.55. The van der Waals surface area contributed by atoms with Gasteiger partial charge in [-0.25, -0.2) is 27.8 Å². The minimum absolute atomic E-state index is 0.0248. The summed E-state index contributed by atoms with van der Waals surface area (Å²) in [7, 11) is -21.1. The van der Waals surface area contributed by atoms with Gasteiger partial charge in [0.2, 0.25) is 5.91 Å². The molecular weight excluding hydrogens is 998 g/mol. The summed E-state index contributed by atoms with van der Waals surface area (Å²) >= 11 is 3.02. The van der Waals surface area contributed by atoms with Crippen LogP contribution >= 0.6 is 47.2 Å². The summed E-state index contributed by atoms with van der Waals surface area (Å²) in [5.74, 6) is -0.223. The average molecular weight is 1050 g/mol. The van der Waals surface area contributed by atoms with Crippen LogP contribution in [0.3, 0.4) is 0 Å². The predicted molar refractivity (Wildman–Crippen MR) is 219 cm³/mol. The minimum atomic E-state index is -5.70. The Kier molecular flexibility index (Phi) is 20.0. The number of aromatic amines is 2. The van der Waals surface area contributed by atoms with Crippen LogP contribution in [-0.4, -0.2) is 99.3 Å². The molecule has 0 aliphatic carbocycles. The van der Waals surface area contributed by atoms with E-state index in [1.54, 1.807) is 0 Å². The predicted octanol–water partition coefficient (Wildman–Crippen LogP) is 1.90. The number of hydrogen-bond donors (Lipinski definition) is 9. The van der Waals surface area contributed by atoms with Crippen LogP contribution in [0.2, 0.25) is 0 Å². The number of amides is 1. The highest BCUT2D eigenvalue weighted by Gasteiger charge is 2.42. The topological polar surface area (TPSA) is 393 Å². The number of rotatable bonds is 26. The van der Waals surface area contributed by atoms with Gasteiger partial charge >= 0.3 is 42.7 Å². The van der Waals surface area contributed by atoms with Crippen LogP contribution in [0.1, 0.15) is 88.6 Å². The van der Waals surface area contributed by atoms with Gasteiger partial charge in [0.15, 0.2) is 0 Å². The Bertz CT molecular complexity index is 2350. The number of ether oxygens (including phenoxy) is 2. The molecule has 9 N–H and O–H groups in total. The molecule has 63 heavy (non-hydrogen) atoms. The lowest BCUT2D eigenvalue weighted by atomic mass is 10.1. The van der Waals surface area contributed by atoms with Gasteiger partial charge in [-0.1, -0.05) is 44.3 Å². The molecule has 27 nitrogen and oxygen atoms in total. The van der Waals surface area contributed by atoms with E-state index in [0.717, 1.165) is 34.8 Å². The summed E-state index contributed by atoms with van der Waals surface area (Å²) in [6.07, 6.45) is 5.96. The number of carbonyl (C=O) groups is 1. The van der Waals surface area contributed by atoms with E-state index < -0.39 is 97.8 Å². The summed E-state index contributed by atoms with van der Waals surface area (Å²) in [6, 6.07) is 0. The number of hydrogen-bond acceptors (Lipinski definition) is 17. The molecule has 356 valence electrons. The van der Waals surface area contributed by atoms with Crippen molar-refractivity contribution in [2.75, 3.05) is 26.4 Å². The van der Waals surface area contributed by atoms with Crippen LogP contribution in [0.25, 0.3) is 6.08 Å². The zero-order chi connectivity index (χ0) is 46.6. The molecule has 0 radical (unpaired) electrons. The number of aliphatic hydroxyl groups excluding tert-OH is 1. The number of unbranched alkanes of at least 4 members (excludes halogenated alkanes) is 6. The number of phosphoric ester groups is 2. The first kappa shape index (κ1) is 53.1. The third-order valence-electron chi connectivity index (χ3n) is 9.09. The molecule has 0 aromatic carbocycles. The van der Waals surface area contributed by atoms with Crippen molar-refractivity contribution in [3.63, 3.8) is 0 Å². The molecule has 2 saturated heterocycles. The normalized spacial score (nSPS) is 23.4. The number of carbonyl (C=O) groups excluding carboxylic acids is 1. The third-order valence-corrected chi connectivity index (χ3v) is 14.4. The van der Waals surface area contributed by atoms with E-state index in [1.807, 2.05) is 0 Å². The second-order valence-electron chi connectivity index (χ2n) is 14.0. The number of H-pyrrole nitrogens is 2. The van der Waals surface area contributed by atoms with E-state index in [4.69, 9.17) is 28.3 Å². The summed E-state index contributed by atoms with van der Waals surface area (Å²) < 4.78 is 81.9. The SMILES string of the molecule is O=C(CCCCCCCCCOP(=O)(O)OCC1OC(n2cc(Br)c(=O)[nH]c2=O)CC1O)NCC=Cc1cn(C2CCC(COP(=O)(O)OP(=O)(O)OP(=O)(O)O)O2)c(=O)[nH]c1=O. The molecule has 0 spiro atoms. The fraction of sp³-hybridized carbons (Fsp3) is 0.645. The standard InChI is InChI=1S/C31H48BrN5O22P4/c32-22-17-37(31(43)35-29(22)41)27-15-23(38)24(57-27)19-55-61(47,48)53-14-7-5-3-1-2-4-6-10-25(39)33-13-8-9-20-16-36(30(42)34-28(20)40)26-12-11-21(56-26)18-54-62(49,50)59-63(51,52)58-60(44,45)46/h8-9,16-17,21,23-24,26-27,38H,1-7,10-15,18-19H2,(H,33,39)(H,47,48)(H,49,50)(H,51,52)(H,34,40,42)(H,35,41,43)(H2,44,45,46). The number of nitrogens with one attached hydrogen (secondary N) is 3. The zero-order valence-corrected chi connectivity index (χ0v) is 38.2. The Balaban J connectivity index is 1.05. The van der Waals surface area contributed by atoms with Crippen molar-refractivity contribution in [2.45, 2.75) is 101 Å². The molecule has 4 heterocycles. The Morgan fingerprint density at radius 2 is 1.40 bits per heavy atom. The first-order valence-corrected chi connectivity index (χ1v) is 25.9. The number of phosphoric acid groups is 4. The third kappa shape index (κ3) is 18.3. The fourth-order valence-corrected chi connectivity index (χ4v) is 10.3. The minimum Gasteiger partial charge on any atom is -0.390 e. The monoisotopic (exact) mass is 1050 g/mol. The van der Waals surface area contributed by atoms with Crippen LogP contribution in [0, 0.1) is 0 Å². The summed E-state index contributed by atoms with van der Waals surface area (Å²) in [5, 5.41) is 13.0. The molecule has 32 heteroatoms. The van der Waals surface area contributed by atoms with E-state index >= 15 is 0 Å². The molecule has 4 rings (SSSR count). The number of nitrogens with zero attached hydrogens (tertiary/aromatic N) is 2. The lowest BCUT2D eigenvalue weighted by Gasteiger charge is -2.19. The van der Waals surface area contributed by atoms with E-state index in [-0.39, 0.29) is 54.8 Å². The molecule has 0 saturated carbocycles. The lowest BCUT2D eigenvalue weighted by molar-refractivity contribution is -0.121.